The molecule has 1 atom stereocenters. The van der Waals surface area contributed by atoms with Crippen molar-refractivity contribution in [2.45, 2.75) is 24.3 Å². The molecule has 7 heteroatoms. The van der Waals surface area contributed by atoms with E-state index in [9.17, 15) is 5.11 Å². The number of anilines is 2. The van der Waals surface area contributed by atoms with Crippen molar-refractivity contribution in [1.29, 1.82) is 0 Å². The van der Waals surface area contributed by atoms with Crippen molar-refractivity contribution >= 4 is 33.9 Å². The number of hydrogen-bond acceptors (Lipinski definition) is 7. The highest BCUT2D eigenvalue weighted by Gasteiger charge is 2.11. The predicted octanol–water partition coefficient (Wildman–Crippen LogP) is 4.43. The fraction of sp³-hybridized carbons (Fsp3) is 0.263. The van der Waals surface area contributed by atoms with Crippen LogP contribution < -0.4 is 10.1 Å². The summed E-state index contributed by atoms with van der Waals surface area (Å²) in [4.78, 5) is 0. The van der Waals surface area contributed by atoms with Crippen molar-refractivity contribution < 1.29 is 9.84 Å². The van der Waals surface area contributed by atoms with E-state index in [0.717, 1.165) is 32.0 Å². The number of aryl methyl sites for hydroxylation is 2. The van der Waals surface area contributed by atoms with E-state index in [0.29, 0.717) is 5.75 Å². The van der Waals surface area contributed by atoms with E-state index in [1.807, 2.05) is 62.4 Å². The van der Waals surface area contributed by atoms with Gasteiger partial charge in [-0.15, -0.1) is 10.2 Å². The number of nitrogens with zero attached hydrogens (tertiary/aromatic N) is 2. The number of aliphatic hydroxyl groups is 1. The van der Waals surface area contributed by atoms with E-state index >= 15 is 0 Å². The van der Waals surface area contributed by atoms with Crippen molar-refractivity contribution in [3.63, 3.8) is 0 Å². The number of aliphatic hydroxyl groups excluding tert-OH is 1. The second-order valence-electron chi connectivity index (χ2n) is 5.91. The van der Waals surface area contributed by atoms with E-state index in [1.165, 1.54) is 23.1 Å². The zero-order chi connectivity index (χ0) is 18.4. The molecule has 0 fully saturated rings. The van der Waals surface area contributed by atoms with Crippen LogP contribution in [0.1, 0.15) is 11.1 Å². The molecule has 0 aliphatic carbocycles. The van der Waals surface area contributed by atoms with Gasteiger partial charge in [0.05, 0.1) is 6.10 Å². The minimum absolute atomic E-state index is 0.254. The summed E-state index contributed by atoms with van der Waals surface area (Å²) >= 11 is 2.95. The van der Waals surface area contributed by atoms with Crippen LogP contribution in [0.4, 0.5) is 10.8 Å². The maximum atomic E-state index is 10.1. The summed E-state index contributed by atoms with van der Waals surface area (Å²) in [5.74, 6) is 1.28. The third kappa shape index (κ3) is 5.45. The first-order valence-electron chi connectivity index (χ1n) is 8.26. The van der Waals surface area contributed by atoms with Crippen LogP contribution in [-0.2, 0) is 0 Å². The lowest BCUT2D eigenvalue weighted by atomic mass is 10.2. The first-order valence-corrected chi connectivity index (χ1v) is 10.1. The minimum atomic E-state index is -0.572. The predicted molar refractivity (Wildman–Crippen MR) is 108 cm³/mol. The molecule has 1 heterocycles. The number of aromatic nitrogens is 2. The van der Waals surface area contributed by atoms with Crippen LogP contribution >= 0.6 is 23.1 Å². The van der Waals surface area contributed by atoms with E-state index < -0.39 is 6.10 Å². The Kier molecular flexibility index (Phi) is 6.49. The van der Waals surface area contributed by atoms with Gasteiger partial charge in [-0.1, -0.05) is 53.4 Å². The second-order valence-corrected chi connectivity index (χ2v) is 8.15. The van der Waals surface area contributed by atoms with Crippen LogP contribution in [-0.4, -0.2) is 33.8 Å². The SMILES string of the molecule is Cc1cccc(OC[C@@H](O)CSc2nnc(Nc3ccccc3C)s2)c1. The number of para-hydroxylation sites is 1. The van der Waals surface area contributed by atoms with Crippen molar-refractivity contribution in [2.75, 3.05) is 17.7 Å². The Morgan fingerprint density at radius 2 is 2.00 bits per heavy atom. The van der Waals surface area contributed by atoms with Crippen molar-refractivity contribution in [1.82, 2.24) is 10.2 Å². The zero-order valence-corrected chi connectivity index (χ0v) is 16.3. The number of nitrogens with one attached hydrogen (secondary N) is 1. The largest absolute Gasteiger partial charge is 0.491 e. The lowest BCUT2D eigenvalue weighted by Gasteiger charge is -2.11. The van der Waals surface area contributed by atoms with Crippen molar-refractivity contribution in [2.24, 2.45) is 0 Å². The maximum Gasteiger partial charge on any atom is 0.210 e. The van der Waals surface area contributed by atoms with Gasteiger partial charge in [-0.05, 0) is 43.2 Å². The molecule has 5 nitrogen and oxygen atoms in total. The average Bonchev–Trinajstić information content (AvgIpc) is 3.08. The summed E-state index contributed by atoms with van der Waals surface area (Å²) in [6.07, 6.45) is -0.572. The van der Waals surface area contributed by atoms with Gasteiger partial charge in [0.1, 0.15) is 12.4 Å². The van der Waals surface area contributed by atoms with Gasteiger partial charge >= 0.3 is 0 Å². The normalized spacial score (nSPS) is 12.0. The van der Waals surface area contributed by atoms with Crippen LogP contribution in [0.5, 0.6) is 5.75 Å². The quantitative estimate of drug-likeness (QED) is 0.557. The molecule has 136 valence electrons. The Balaban J connectivity index is 1.46. The molecule has 26 heavy (non-hydrogen) atoms. The van der Waals surface area contributed by atoms with Crippen LogP contribution in [0.25, 0.3) is 0 Å². The van der Waals surface area contributed by atoms with Crippen LogP contribution in [0, 0.1) is 13.8 Å². The van der Waals surface area contributed by atoms with Gasteiger partial charge in [0.2, 0.25) is 5.13 Å². The average molecular weight is 388 g/mol. The molecule has 3 aromatic rings. The van der Waals surface area contributed by atoms with Gasteiger partial charge in [-0.25, -0.2) is 0 Å². The van der Waals surface area contributed by atoms with Crippen LogP contribution in [0.2, 0.25) is 0 Å². The van der Waals surface area contributed by atoms with E-state index in [1.54, 1.807) is 0 Å². The Labute approximate surface area is 161 Å². The van der Waals surface area contributed by atoms with E-state index in [2.05, 4.69) is 15.5 Å². The van der Waals surface area contributed by atoms with Gasteiger partial charge < -0.3 is 15.2 Å². The van der Waals surface area contributed by atoms with Crippen LogP contribution in [0.15, 0.2) is 52.9 Å². The van der Waals surface area contributed by atoms with Gasteiger partial charge in [0, 0.05) is 11.4 Å². The fourth-order valence-corrected chi connectivity index (χ4v) is 3.96. The van der Waals surface area contributed by atoms with Gasteiger partial charge in [0.15, 0.2) is 4.34 Å². The Morgan fingerprint density at radius 3 is 2.81 bits per heavy atom. The van der Waals surface area contributed by atoms with Gasteiger partial charge in [0.25, 0.3) is 0 Å². The smallest absolute Gasteiger partial charge is 0.210 e. The summed E-state index contributed by atoms with van der Waals surface area (Å²) in [7, 11) is 0. The molecule has 0 bridgehead atoms. The molecule has 2 aromatic carbocycles. The highest BCUT2D eigenvalue weighted by atomic mass is 32.2. The molecule has 0 aliphatic rings. The number of hydrogen-bond donors (Lipinski definition) is 2. The maximum absolute atomic E-state index is 10.1. The molecule has 1 aromatic heterocycles. The minimum Gasteiger partial charge on any atom is -0.491 e. The number of benzene rings is 2. The van der Waals surface area contributed by atoms with Crippen LogP contribution in [0.3, 0.4) is 0 Å². The summed E-state index contributed by atoms with van der Waals surface area (Å²) in [5, 5.41) is 22.5. The number of rotatable bonds is 8. The molecule has 2 N–H and O–H groups in total. The molecule has 0 saturated carbocycles. The molecular weight excluding hydrogens is 366 g/mol. The summed E-state index contributed by atoms with van der Waals surface area (Å²) in [6, 6.07) is 15.8. The molecule has 0 radical (unpaired) electrons. The van der Waals surface area contributed by atoms with Crippen molar-refractivity contribution in [3.05, 3.63) is 59.7 Å². The first kappa shape index (κ1) is 18.7. The Morgan fingerprint density at radius 1 is 1.15 bits per heavy atom. The molecule has 0 spiro atoms. The molecule has 0 aliphatic heterocycles. The molecule has 0 amide bonds. The molecule has 3 rings (SSSR count). The standard InChI is InChI=1S/C19H21N3O2S2/c1-13-6-5-8-16(10-13)24-11-15(23)12-25-19-22-21-18(26-19)20-17-9-4-3-7-14(17)2/h3-10,15,23H,11-12H2,1-2H3,(H,20,21)/t15-/m1/s1. The highest BCUT2D eigenvalue weighted by molar-refractivity contribution is 8.01. The number of ether oxygens (including phenoxy) is 1. The Hall–Kier alpha value is -2.09. The van der Waals surface area contributed by atoms with Gasteiger partial charge in [-0.2, -0.15) is 0 Å². The molecule has 0 saturated heterocycles. The Bertz CT molecular complexity index is 854. The van der Waals surface area contributed by atoms with E-state index in [-0.39, 0.29) is 6.61 Å². The second kappa shape index (κ2) is 9.02. The summed E-state index contributed by atoms with van der Waals surface area (Å²) in [6.45, 7) is 4.31. The summed E-state index contributed by atoms with van der Waals surface area (Å²) < 4.78 is 6.44. The zero-order valence-electron chi connectivity index (χ0n) is 14.7. The molecular formula is C19H21N3O2S2. The first-order chi connectivity index (χ1) is 12.6. The summed E-state index contributed by atoms with van der Waals surface area (Å²) in [5.41, 5.74) is 3.31. The number of thioether (sulfide) groups is 1. The fourth-order valence-electron chi connectivity index (χ4n) is 2.26. The van der Waals surface area contributed by atoms with E-state index in [4.69, 9.17) is 4.74 Å². The molecule has 0 unspecified atom stereocenters. The third-order valence-electron chi connectivity index (χ3n) is 3.62. The lowest BCUT2D eigenvalue weighted by Crippen LogP contribution is -2.20. The highest BCUT2D eigenvalue weighted by Crippen LogP contribution is 2.29. The monoisotopic (exact) mass is 387 g/mol. The lowest BCUT2D eigenvalue weighted by molar-refractivity contribution is 0.126. The topological polar surface area (TPSA) is 67.3 Å². The van der Waals surface area contributed by atoms with Gasteiger partial charge in [-0.3, -0.25) is 0 Å². The van der Waals surface area contributed by atoms with Crippen molar-refractivity contribution in [3.8, 4) is 5.75 Å². The third-order valence-corrected chi connectivity index (χ3v) is 5.74.